The molecule has 0 spiro atoms. The van der Waals surface area contributed by atoms with E-state index in [4.69, 9.17) is 4.74 Å². The summed E-state index contributed by atoms with van der Waals surface area (Å²) in [7, 11) is 1.71. The van der Waals surface area contributed by atoms with Crippen LogP contribution in [0.3, 0.4) is 0 Å². The lowest BCUT2D eigenvalue weighted by Crippen LogP contribution is -2.32. The fraction of sp³-hybridized carbons (Fsp3) is 0.412. The molecule has 1 saturated heterocycles. The zero-order chi connectivity index (χ0) is 14.5. The van der Waals surface area contributed by atoms with Crippen LogP contribution >= 0.6 is 11.3 Å². The molecule has 1 atom stereocenters. The molecule has 0 aliphatic carbocycles. The van der Waals surface area contributed by atoms with E-state index in [1.54, 1.807) is 7.11 Å². The lowest BCUT2D eigenvalue weighted by atomic mass is 10.0. The van der Waals surface area contributed by atoms with E-state index in [0.717, 1.165) is 31.9 Å². The van der Waals surface area contributed by atoms with E-state index in [0.29, 0.717) is 6.04 Å². The first-order valence-electron chi connectivity index (χ1n) is 7.50. The molecule has 0 amide bonds. The highest BCUT2D eigenvalue weighted by Crippen LogP contribution is 2.32. The number of methoxy groups -OCH3 is 1. The van der Waals surface area contributed by atoms with Gasteiger partial charge in [-0.15, -0.1) is 11.3 Å². The van der Waals surface area contributed by atoms with Crippen molar-refractivity contribution in [1.29, 1.82) is 0 Å². The average Bonchev–Trinajstić information content (AvgIpc) is 2.91. The highest BCUT2D eigenvalue weighted by Gasteiger charge is 2.23. The van der Waals surface area contributed by atoms with Crippen molar-refractivity contribution in [3.05, 3.63) is 52.2 Å². The summed E-state index contributed by atoms with van der Waals surface area (Å²) >= 11 is 1.84. The van der Waals surface area contributed by atoms with Crippen molar-refractivity contribution in [2.45, 2.75) is 12.5 Å². The lowest BCUT2D eigenvalue weighted by Gasteiger charge is -2.30. The first kappa shape index (κ1) is 14.6. The molecule has 0 bridgehead atoms. The van der Waals surface area contributed by atoms with E-state index in [9.17, 15) is 0 Å². The number of nitrogens with one attached hydrogen (secondary N) is 1. The van der Waals surface area contributed by atoms with Crippen molar-refractivity contribution >= 4 is 11.3 Å². The van der Waals surface area contributed by atoms with Gasteiger partial charge in [0.15, 0.2) is 0 Å². The maximum absolute atomic E-state index is 5.28. The third-order valence-electron chi connectivity index (χ3n) is 3.98. The number of hydrogen-bond acceptors (Lipinski definition) is 4. The number of rotatable bonds is 4. The Morgan fingerprint density at radius 1 is 1.14 bits per heavy atom. The Morgan fingerprint density at radius 3 is 2.71 bits per heavy atom. The summed E-state index contributed by atoms with van der Waals surface area (Å²) in [5.74, 6) is 0.918. The molecule has 1 aromatic heterocycles. The molecule has 2 heterocycles. The Kier molecular flexibility index (Phi) is 4.91. The van der Waals surface area contributed by atoms with Gasteiger partial charge in [0.25, 0.3) is 0 Å². The largest absolute Gasteiger partial charge is 0.497 e. The highest BCUT2D eigenvalue weighted by molar-refractivity contribution is 7.10. The van der Waals surface area contributed by atoms with Crippen molar-refractivity contribution in [2.75, 3.05) is 33.3 Å². The van der Waals surface area contributed by atoms with Gasteiger partial charge in [-0.3, -0.25) is 4.90 Å². The summed E-state index contributed by atoms with van der Waals surface area (Å²) in [6.45, 7) is 4.42. The summed E-state index contributed by atoms with van der Waals surface area (Å²) < 4.78 is 5.28. The van der Waals surface area contributed by atoms with Crippen LogP contribution in [0, 0.1) is 0 Å². The van der Waals surface area contributed by atoms with E-state index in [1.165, 1.54) is 16.9 Å². The van der Waals surface area contributed by atoms with E-state index < -0.39 is 0 Å². The van der Waals surface area contributed by atoms with Gasteiger partial charge in [-0.2, -0.15) is 0 Å². The van der Waals surface area contributed by atoms with Crippen LogP contribution in [0.25, 0.3) is 0 Å². The Bertz CT molecular complexity index is 530. The van der Waals surface area contributed by atoms with Crippen LogP contribution in [0.2, 0.25) is 0 Å². The monoisotopic (exact) mass is 302 g/mol. The number of hydrogen-bond donors (Lipinski definition) is 1. The molecule has 21 heavy (non-hydrogen) atoms. The van der Waals surface area contributed by atoms with Gasteiger partial charge in [0.1, 0.15) is 5.75 Å². The maximum Gasteiger partial charge on any atom is 0.118 e. The average molecular weight is 302 g/mol. The second-order valence-electron chi connectivity index (χ2n) is 5.33. The van der Waals surface area contributed by atoms with Crippen LogP contribution in [-0.2, 0) is 0 Å². The second kappa shape index (κ2) is 7.07. The predicted octanol–water partition coefficient (Wildman–Crippen LogP) is 3.14. The van der Waals surface area contributed by atoms with Crippen LogP contribution in [0.4, 0.5) is 0 Å². The molecule has 1 aliphatic rings. The van der Waals surface area contributed by atoms with Crippen molar-refractivity contribution < 1.29 is 4.74 Å². The molecule has 1 aliphatic heterocycles. The van der Waals surface area contributed by atoms with Crippen molar-refractivity contribution in [3.8, 4) is 5.75 Å². The highest BCUT2D eigenvalue weighted by atomic mass is 32.1. The molecule has 0 radical (unpaired) electrons. The van der Waals surface area contributed by atoms with Crippen LogP contribution in [0.5, 0.6) is 5.75 Å². The maximum atomic E-state index is 5.28. The fourth-order valence-corrected chi connectivity index (χ4v) is 3.80. The number of nitrogens with zero attached hydrogens (tertiary/aromatic N) is 1. The first-order chi connectivity index (χ1) is 10.4. The molecule has 3 rings (SSSR count). The van der Waals surface area contributed by atoms with E-state index in [2.05, 4.69) is 52.0 Å². The minimum Gasteiger partial charge on any atom is -0.497 e. The van der Waals surface area contributed by atoms with E-state index >= 15 is 0 Å². The zero-order valence-corrected chi connectivity index (χ0v) is 13.2. The first-order valence-corrected chi connectivity index (χ1v) is 8.38. The van der Waals surface area contributed by atoms with Gasteiger partial charge < -0.3 is 10.1 Å². The smallest absolute Gasteiger partial charge is 0.118 e. The Morgan fingerprint density at radius 2 is 2.00 bits per heavy atom. The van der Waals surface area contributed by atoms with Gasteiger partial charge in [-0.25, -0.2) is 0 Å². The lowest BCUT2D eigenvalue weighted by molar-refractivity contribution is 0.244. The molecule has 1 unspecified atom stereocenters. The number of benzene rings is 1. The minimum atomic E-state index is 0.357. The summed E-state index contributed by atoms with van der Waals surface area (Å²) in [6, 6.07) is 13.3. The topological polar surface area (TPSA) is 24.5 Å². The molecule has 0 saturated carbocycles. The van der Waals surface area contributed by atoms with E-state index in [1.807, 2.05) is 11.3 Å². The standard InChI is InChI=1S/C17H22N2OS/c1-20-15-7-5-14(6-8-15)17(16-4-2-13-21-16)19-11-3-9-18-10-12-19/h2,4-8,13,17-18H,3,9-12H2,1H3. The van der Waals surface area contributed by atoms with Crippen molar-refractivity contribution in [1.82, 2.24) is 10.2 Å². The Labute approximate surface area is 130 Å². The molecule has 2 aromatic rings. The quantitative estimate of drug-likeness (QED) is 0.939. The zero-order valence-electron chi connectivity index (χ0n) is 12.4. The molecule has 3 nitrogen and oxygen atoms in total. The molecule has 1 fully saturated rings. The SMILES string of the molecule is COc1ccc(C(c2cccs2)N2CCCNCC2)cc1. The Hall–Kier alpha value is -1.36. The third kappa shape index (κ3) is 3.46. The summed E-state index contributed by atoms with van der Waals surface area (Å²) in [4.78, 5) is 4.01. The van der Waals surface area contributed by atoms with Crippen molar-refractivity contribution in [2.24, 2.45) is 0 Å². The predicted molar refractivity (Wildman–Crippen MR) is 88.2 cm³/mol. The van der Waals surface area contributed by atoms with Crippen LogP contribution in [0.15, 0.2) is 41.8 Å². The molecular weight excluding hydrogens is 280 g/mol. The van der Waals surface area contributed by atoms with Gasteiger partial charge in [-0.05, 0) is 42.1 Å². The van der Waals surface area contributed by atoms with Gasteiger partial charge in [0.05, 0.1) is 13.2 Å². The molecular formula is C17H22N2OS. The van der Waals surface area contributed by atoms with Gasteiger partial charge in [0.2, 0.25) is 0 Å². The van der Waals surface area contributed by atoms with E-state index in [-0.39, 0.29) is 0 Å². The van der Waals surface area contributed by atoms with Gasteiger partial charge in [-0.1, -0.05) is 18.2 Å². The number of thiophene rings is 1. The summed E-state index contributed by atoms with van der Waals surface area (Å²) in [5, 5.41) is 5.66. The van der Waals surface area contributed by atoms with Crippen molar-refractivity contribution in [3.63, 3.8) is 0 Å². The molecule has 112 valence electrons. The van der Waals surface area contributed by atoms with Crippen LogP contribution in [-0.4, -0.2) is 38.2 Å². The normalized spacial score (nSPS) is 18.1. The number of ether oxygens (including phenoxy) is 1. The second-order valence-corrected chi connectivity index (χ2v) is 6.31. The molecule has 4 heteroatoms. The Balaban J connectivity index is 1.91. The minimum absolute atomic E-state index is 0.357. The fourth-order valence-electron chi connectivity index (χ4n) is 2.91. The third-order valence-corrected chi connectivity index (χ3v) is 4.91. The molecule has 1 N–H and O–H groups in total. The molecule has 1 aromatic carbocycles. The van der Waals surface area contributed by atoms with Gasteiger partial charge in [0, 0.05) is 24.5 Å². The van der Waals surface area contributed by atoms with Crippen LogP contribution in [0.1, 0.15) is 22.9 Å². The van der Waals surface area contributed by atoms with Gasteiger partial charge >= 0.3 is 0 Å². The van der Waals surface area contributed by atoms with Crippen LogP contribution < -0.4 is 10.1 Å². The summed E-state index contributed by atoms with van der Waals surface area (Å²) in [6.07, 6.45) is 1.21. The summed E-state index contributed by atoms with van der Waals surface area (Å²) in [5.41, 5.74) is 1.35.